The maximum Gasteiger partial charge on any atom is 0.122 e. The van der Waals surface area contributed by atoms with Crippen LogP contribution in [0, 0.1) is 12.8 Å². The number of hydrogen-bond donors (Lipinski definition) is 1. The van der Waals surface area contributed by atoms with Gasteiger partial charge in [-0.25, -0.2) is 0 Å². The van der Waals surface area contributed by atoms with Crippen LogP contribution in [0.3, 0.4) is 0 Å². The molecule has 3 nitrogen and oxygen atoms in total. The van der Waals surface area contributed by atoms with Gasteiger partial charge in [-0.15, -0.1) is 0 Å². The molecule has 1 unspecified atom stereocenters. The van der Waals surface area contributed by atoms with E-state index in [9.17, 15) is 0 Å². The van der Waals surface area contributed by atoms with Crippen LogP contribution in [0.2, 0.25) is 0 Å². The fraction of sp³-hybridized carbons (Fsp3) is 0.625. The number of rotatable bonds is 4. The summed E-state index contributed by atoms with van der Waals surface area (Å²) in [7, 11) is 0. The highest BCUT2D eigenvalue weighted by Gasteiger charge is 2.17. The summed E-state index contributed by atoms with van der Waals surface area (Å²) in [5.41, 5.74) is 8.52. The van der Waals surface area contributed by atoms with Gasteiger partial charge in [-0.2, -0.15) is 0 Å². The molecule has 1 saturated heterocycles. The van der Waals surface area contributed by atoms with Crippen molar-refractivity contribution in [3.63, 3.8) is 0 Å². The molecule has 2 N–H and O–H groups in total. The van der Waals surface area contributed by atoms with E-state index >= 15 is 0 Å². The Bertz CT molecular complexity index is 417. The van der Waals surface area contributed by atoms with Crippen molar-refractivity contribution in [2.45, 2.75) is 39.7 Å². The lowest BCUT2D eigenvalue weighted by Crippen LogP contribution is -2.42. The topological polar surface area (TPSA) is 38.5 Å². The summed E-state index contributed by atoms with van der Waals surface area (Å²) in [5.74, 6) is 1.55. The number of hydrogen-bond acceptors (Lipinski definition) is 3. The van der Waals surface area contributed by atoms with E-state index in [4.69, 9.17) is 10.5 Å². The number of aryl methyl sites for hydroxylation is 1. The zero-order valence-electron chi connectivity index (χ0n) is 12.4. The monoisotopic (exact) mass is 262 g/mol. The van der Waals surface area contributed by atoms with Crippen molar-refractivity contribution in [1.82, 2.24) is 0 Å². The van der Waals surface area contributed by atoms with Crippen molar-refractivity contribution in [1.29, 1.82) is 0 Å². The van der Waals surface area contributed by atoms with Gasteiger partial charge in [-0.3, -0.25) is 0 Å². The lowest BCUT2D eigenvalue weighted by Gasteiger charge is -2.33. The largest absolute Gasteiger partial charge is 0.493 e. The molecule has 1 atom stereocenters. The molecule has 1 aromatic carbocycles. The first kappa shape index (κ1) is 14.2. The lowest BCUT2D eigenvalue weighted by molar-refractivity contribution is 0.269. The predicted molar refractivity (Wildman–Crippen MR) is 80.9 cm³/mol. The minimum absolute atomic E-state index is 0.311. The van der Waals surface area contributed by atoms with Crippen molar-refractivity contribution in [3.05, 3.63) is 23.8 Å². The summed E-state index contributed by atoms with van der Waals surface area (Å²) in [5, 5.41) is 0. The Hall–Kier alpha value is -1.22. The van der Waals surface area contributed by atoms with Gasteiger partial charge in [-0.1, -0.05) is 13.8 Å². The molecule has 0 aliphatic carbocycles. The SMILES string of the molecule is Cc1cc(N2CCCC(N)C2)ccc1OCC(C)C. The molecule has 0 amide bonds. The summed E-state index contributed by atoms with van der Waals surface area (Å²) in [6.07, 6.45) is 2.33. The van der Waals surface area contributed by atoms with Crippen LogP contribution in [0.1, 0.15) is 32.3 Å². The molecule has 106 valence electrons. The van der Waals surface area contributed by atoms with E-state index in [1.165, 1.54) is 17.7 Å². The molecular formula is C16H26N2O. The molecule has 2 rings (SSSR count). The average Bonchev–Trinajstić information content (AvgIpc) is 2.37. The Kier molecular flexibility index (Phi) is 4.70. The molecule has 0 aromatic heterocycles. The smallest absolute Gasteiger partial charge is 0.122 e. The highest BCUT2D eigenvalue weighted by Crippen LogP contribution is 2.26. The van der Waals surface area contributed by atoms with Gasteiger partial charge >= 0.3 is 0 Å². The molecule has 3 heteroatoms. The Balaban J connectivity index is 2.05. The number of nitrogens with two attached hydrogens (primary N) is 1. The first-order valence-electron chi connectivity index (χ1n) is 7.30. The van der Waals surface area contributed by atoms with Gasteiger partial charge in [-0.05, 0) is 49.4 Å². The van der Waals surface area contributed by atoms with E-state index in [0.29, 0.717) is 12.0 Å². The highest BCUT2D eigenvalue weighted by atomic mass is 16.5. The number of piperidine rings is 1. The average molecular weight is 262 g/mol. The molecule has 1 aliphatic rings. The third-order valence-corrected chi connectivity index (χ3v) is 3.55. The zero-order valence-corrected chi connectivity index (χ0v) is 12.4. The molecule has 0 saturated carbocycles. The number of anilines is 1. The summed E-state index contributed by atoms with van der Waals surface area (Å²) in [6.45, 7) is 9.29. The molecule has 19 heavy (non-hydrogen) atoms. The second kappa shape index (κ2) is 6.29. The molecule has 1 aliphatic heterocycles. The number of benzene rings is 1. The van der Waals surface area contributed by atoms with E-state index in [1.807, 2.05) is 0 Å². The summed E-state index contributed by atoms with van der Waals surface area (Å²) < 4.78 is 5.82. The van der Waals surface area contributed by atoms with Gasteiger partial charge in [0.2, 0.25) is 0 Å². The van der Waals surface area contributed by atoms with E-state index in [-0.39, 0.29) is 0 Å². The van der Waals surface area contributed by atoms with Crippen molar-refractivity contribution < 1.29 is 4.74 Å². The van der Waals surface area contributed by atoms with Crippen LogP contribution >= 0.6 is 0 Å². The molecule has 1 aromatic rings. The van der Waals surface area contributed by atoms with E-state index in [1.54, 1.807) is 0 Å². The number of ether oxygens (including phenoxy) is 1. The van der Waals surface area contributed by atoms with E-state index < -0.39 is 0 Å². The minimum atomic E-state index is 0.311. The standard InChI is InChI=1S/C16H26N2O/c1-12(2)11-19-16-7-6-15(9-13(16)3)18-8-4-5-14(17)10-18/h6-7,9,12,14H,4-5,8,10-11,17H2,1-3H3. The van der Waals surface area contributed by atoms with Crippen molar-refractivity contribution in [3.8, 4) is 5.75 Å². The molecular weight excluding hydrogens is 236 g/mol. The van der Waals surface area contributed by atoms with Crippen LogP contribution in [-0.4, -0.2) is 25.7 Å². The number of nitrogens with zero attached hydrogens (tertiary/aromatic N) is 1. The van der Waals surface area contributed by atoms with E-state index in [2.05, 4.69) is 43.9 Å². The van der Waals surface area contributed by atoms with Gasteiger partial charge in [0.05, 0.1) is 6.61 Å². The Labute approximate surface area is 116 Å². The maximum atomic E-state index is 6.05. The minimum Gasteiger partial charge on any atom is -0.493 e. The van der Waals surface area contributed by atoms with E-state index in [0.717, 1.165) is 31.9 Å². The molecule has 0 spiro atoms. The maximum absolute atomic E-state index is 6.05. The third kappa shape index (κ3) is 3.87. The third-order valence-electron chi connectivity index (χ3n) is 3.55. The zero-order chi connectivity index (χ0) is 13.8. The van der Waals surface area contributed by atoms with Crippen molar-refractivity contribution in [2.75, 3.05) is 24.6 Å². The molecule has 1 fully saturated rings. The van der Waals surface area contributed by atoms with Crippen molar-refractivity contribution in [2.24, 2.45) is 11.7 Å². The fourth-order valence-corrected chi connectivity index (χ4v) is 2.49. The second-order valence-corrected chi connectivity index (χ2v) is 6.00. The van der Waals surface area contributed by atoms with Gasteiger partial charge in [0.1, 0.15) is 5.75 Å². The summed E-state index contributed by atoms with van der Waals surface area (Å²) >= 11 is 0. The van der Waals surface area contributed by atoms with Gasteiger partial charge in [0.25, 0.3) is 0 Å². The first-order chi connectivity index (χ1) is 9.06. The second-order valence-electron chi connectivity index (χ2n) is 6.00. The summed E-state index contributed by atoms with van der Waals surface area (Å²) in [4.78, 5) is 2.38. The predicted octanol–water partition coefficient (Wildman–Crippen LogP) is 2.96. The van der Waals surface area contributed by atoms with Crippen LogP contribution < -0.4 is 15.4 Å². The van der Waals surface area contributed by atoms with Crippen LogP contribution in [0.5, 0.6) is 5.75 Å². The Morgan fingerprint density at radius 1 is 1.42 bits per heavy atom. The van der Waals surface area contributed by atoms with Crippen LogP contribution in [0.25, 0.3) is 0 Å². The Morgan fingerprint density at radius 2 is 2.21 bits per heavy atom. The highest BCUT2D eigenvalue weighted by molar-refractivity contribution is 5.53. The molecule has 0 bridgehead atoms. The van der Waals surface area contributed by atoms with Crippen LogP contribution in [0.15, 0.2) is 18.2 Å². The molecule has 1 heterocycles. The first-order valence-corrected chi connectivity index (χ1v) is 7.30. The Morgan fingerprint density at radius 3 is 2.84 bits per heavy atom. The molecule has 0 radical (unpaired) electrons. The van der Waals surface area contributed by atoms with Crippen LogP contribution in [0.4, 0.5) is 5.69 Å². The van der Waals surface area contributed by atoms with Gasteiger partial charge < -0.3 is 15.4 Å². The van der Waals surface area contributed by atoms with Crippen LogP contribution in [-0.2, 0) is 0 Å². The normalized spacial score (nSPS) is 19.8. The fourth-order valence-electron chi connectivity index (χ4n) is 2.49. The van der Waals surface area contributed by atoms with Crippen molar-refractivity contribution >= 4 is 5.69 Å². The van der Waals surface area contributed by atoms with Gasteiger partial charge in [0, 0.05) is 24.8 Å². The quantitative estimate of drug-likeness (QED) is 0.906. The van der Waals surface area contributed by atoms with Gasteiger partial charge in [0.15, 0.2) is 0 Å². The lowest BCUT2D eigenvalue weighted by atomic mass is 10.1. The summed E-state index contributed by atoms with van der Waals surface area (Å²) in [6, 6.07) is 6.77.